The van der Waals surface area contributed by atoms with Crippen LogP contribution in [0.25, 0.3) is 0 Å². The van der Waals surface area contributed by atoms with Gasteiger partial charge in [-0.3, -0.25) is 4.79 Å². The van der Waals surface area contributed by atoms with Gasteiger partial charge in [0.05, 0.1) is 12.7 Å². The molecule has 102 valence electrons. The van der Waals surface area contributed by atoms with Gasteiger partial charge in [-0.2, -0.15) is 0 Å². The van der Waals surface area contributed by atoms with Crippen molar-refractivity contribution in [3.05, 3.63) is 53.6 Å². The number of benzene rings is 2. The largest absolute Gasteiger partial charge is 0.504 e. The average molecular weight is 270 g/mol. The predicted octanol–water partition coefficient (Wildman–Crippen LogP) is 2.25. The minimum absolute atomic E-state index is 0.0683. The standard InChI is InChI=1S/C15H14N2O3/c1-20-13-8-9(6-7-12(13)18)14-16-11-5-3-2-4-10(11)15(19)17-14/h2-8,14,16,18H,1H3,(H,17,19). The number of ether oxygens (including phenoxy) is 1. The van der Waals surface area contributed by atoms with Gasteiger partial charge in [-0.15, -0.1) is 0 Å². The number of carbonyl (C=O) groups excluding carboxylic acids is 1. The van der Waals surface area contributed by atoms with E-state index < -0.39 is 0 Å². The summed E-state index contributed by atoms with van der Waals surface area (Å²) in [5.74, 6) is 0.313. The van der Waals surface area contributed by atoms with E-state index in [1.807, 2.05) is 18.2 Å². The molecule has 3 N–H and O–H groups in total. The molecule has 3 rings (SSSR count). The maximum atomic E-state index is 12.1. The van der Waals surface area contributed by atoms with Gasteiger partial charge in [-0.1, -0.05) is 18.2 Å². The van der Waals surface area contributed by atoms with Crippen molar-refractivity contribution in [1.29, 1.82) is 0 Å². The molecule has 1 heterocycles. The Labute approximate surface area is 116 Å². The van der Waals surface area contributed by atoms with Crippen LogP contribution in [0.15, 0.2) is 42.5 Å². The first kappa shape index (κ1) is 12.3. The molecule has 0 spiro atoms. The summed E-state index contributed by atoms with van der Waals surface area (Å²) in [5.41, 5.74) is 2.21. The van der Waals surface area contributed by atoms with Crippen molar-refractivity contribution in [3.8, 4) is 11.5 Å². The van der Waals surface area contributed by atoms with Gasteiger partial charge < -0.3 is 20.5 Å². The van der Waals surface area contributed by atoms with Crippen molar-refractivity contribution in [1.82, 2.24) is 5.32 Å². The molecule has 0 aromatic heterocycles. The zero-order chi connectivity index (χ0) is 14.1. The van der Waals surface area contributed by atoms with Gasteiger partial charge in [0.15, 0.2) is 11.5 Å². The molecule has 1 aliphatic heterocycles. The lowest BCUT2D eigenvalue weighted by Gasteiger charge is -2.28. The fourth-order valence-electron chi connectivity index (χ4n) is 2.25. The zero-order valence-corrected chi connectivity index (χ0v) is 10.9. The summed E-state index contributed by atoms with van der Waals surface area (Å²) in [6, 6.07) is 12.3. The Morgan fingerprint density at radius 3 is 2.75 bits per heavy atom. The fourth-order valence-corrected chi connectivity index (χ4v) is 2.25. The Morgan fingerprint density at radius 1 is 1.15 bits per heavy atom. The number of hydrogen-bond acceptors (Lipinski definition) is 4. The van der Waals surface area contributed by atoms with Crippen LogP contribution in [0.4, 0.5) is 5.69 Å². The van der Waals surface area contributed by atoms with Crippen LogP contribution < -0.4 is 15.4 Å². The van der Waals surface area contributed by atoms with Crippen LogP contribution in [0.1, 0.15) is 22.1 Å². The highest BCUT2D eigenvalue weighted by atomic mass is 16.5. The van der Waals surface area contributed by atoms with Crippen LogP contribution in [0, 0.1) is 0 Å². The molecule has 0 saturated heterocycles. The molecule has 0 radical (unpaired) electrons. The molecule has 0 saturated carbocycles. The SMILES string of the molecule is COc1cc(C2NC(=O)c3ccccc3N2)ccc1O. The van der Waals surface area contributed by atoms with Crippen molar-refractivity contribution >= 4 is 11.6 Å². The molecule has 1 amide bonds. The maximum absolute atomic E-state index is 12.1. The van der Waals surface area contributed by atoms with Gasteiger partial charge in [-0.05, 0) is 29.8 Å². The normalized spacial score (nSPS) is 16.9. The summed E-state index contributed by atoms with van der Waals surface area (Å²) in [6.07, 6.45) is -0.355. The number of methoxy groups -OCH3 is 1. The second-order valence-corrected chi connectivity index (χ2v) is 4.53. The third kappa shape index (κ3) is 2.03. The summed E-state index contributed by atoms with van der Waals surface area (Å²) in [5, 5.41) is 15.7. The van der Waals surface area contributed by atoms with E-state index in [-0.39, 0.29) is 17.8 Å². The second-order valence-electron chi connectivity index (χ2n) is 4.53. The Bertz CT molecular complexity index is 670. The van der Waals surface area contributed by atoms with Crippen LogP contribution in [-0.4, -0.2) is 18.1 Å². The summed E-state index contributed by atoms with van der Waals surface area (Å²) in [7, 11) is 1.49. The molecule has 1 atom stereocenters. The van der Waals surface area contributed by atoms with Gasteiger partial charge >= 0.3 is 0 Å². The Hall–Kier alpha value is -2.69. The molecule has 20 heavy (non-hydrogen) atoms. The Balaban J connectivity index is 1.95. The number of phenols is 1. The highest BCUT2D eigenvalue weighted by Gasteiger charge is 2.24. The molecule has 5 heteroatoms. The number of anilines is 1. The summed E-state index contributed by atoms with van der Waals surface area (Å²) in [6.45, 7) is 0. The van der Waals surface area contributed by atoms with E-state index in [1.54, 1.807) is 24.3 Å². The minimum Gasteiger partial charge on any atom is -0.504 e. The molecule has 2 aromatic rings. The lowest BCUT2D eigenvalue weighted by molar-refractivity contribution is 0.0935. The van der Waals surface area contributed by atoms with Crippen molar-refractivity contribution in [2.75, 3.05) is 12.4 Å². The molecule has 1 aliphatic rings. The second kappa shape index (κ2) is 4.77. The quantitative estimate of drug-likeness (QED) is 0.782. The summed E-state index contributed by atoms with van der Waals surface area (Å²) < 4.78 is 5.08. The van der Waals surface area contributed by atoms with Crippen molar-refractivity contribution in [2.24, 2.45) is 0 Å². The van der Waals surface area contributed by atoms with Crippen molar-refractivity contribution in [3.63, 3.8) is 0 Å². The first-order chi connectivity index (χ1) is 9.69. The molecule has 5 nitrogen and oxygen atoms in total. The maximum Gasteiger partial charge on any atom is 0.255 e. The molecule has 1 unspecified atom stereocenters. The number of phenolic OH excluding ortho intramolecular Hbond substituents is 1. The number of aromatic hydroxyl groups is 1. The smallest absolute Gasteiger partial charge is 0.255 e. The van der Waals surface area contributed by atoms with E-state index in [1.165, 1.54) is 7.11 Å². The number of carbonyl (C=O) groups is 1. The number of amides is 1. The molecular weight excluding hydrogens is 256 g/mol. The van der Waals surface area contributed by atoms with Crippen LogP contribution in [0.5, 0.6) is 11.5 Å². The van der Waals surface area contributed by atoms with Gasteiger partial charge in [0, 0.05) is 5.69 Å². The molecule has 0 fully saturated rings. The highest BCUT2D eigenvalue weighted by molar-refractivity contribution is 6.01. The zero-order valence-electron chi connectivity index (χ0n) is 10.9. The predicted molar refractivity (Wildman–Crippen MR) is 74.9 cm³/mol. The van der Waals surface area contributed by atoms with Crippen LogP contribution in [0.3, 0.4) is 0 Å². The topological polar surface area (TPSA) is 70.6 Å². The molecule has 0 bridgehead atoms. The fraction of sp³-hybridized carbons (Fsp3) is 0.133. The van der Waals surface area contributed by atoms with Gasteiger partial charge in [0.2, 0.25) is 0 Å². The third-order valence-corrected chi connectivity index (χ3v) is 3.28. The van der Waals surface area contributed by atoms with E-state index >= 15 is 0 Å². The molecule has 0 aliphatic carbocycles. The first-order valence-electron chi connectivity index (χ1n) is 6.22. The number of para-hydroxylation sites is 1. The average Bonchev–Trinajstić information content (AvgIpc) is 2.47. The summed E-state index contributed by atoms with van der Waals surface area (Å²) >= 11 is 0. The van der Waals surface area contributed by atoms with Gasteiger partial charge in [0.25, 0.3) is 5.91 Å². The van der Waals surface area contributed by atoms with E-state index in [4.69, 9.17) is 4.74 Å². The molecule has 2 aromatic carbocycles. The van der Waals surface area contributed by atoms with Crippen LogP contribution in [-0.2, 0) is 0 Å². The minimum atomic E-state index is -0.355. The highest BCUT2D eigenvalue weighted by Crippen LogP contribution is 2.31. The van der Waals surface area contributed by atoms with Crippen molar-refractivity contribution < 1.29 is 14.6 Å². The lowest BCUT2D eigenvalue weighted by atomic mass is 10.1. The third-order valence-electron chi connectivity index (χ3n) is 3.28. The van der Waals surface area contributed by atoms with E-state index in [0.29, 0.717) is 11.3 Å². The Kier molecular flexibility index (Phi) is 2.95. The monoisotopic (exact) mass is 270 g/mol. The number of hydrogen-bond donors (Lipinski definition) is 3. The number of fused-ring (bicyclic) bond motifs is 1. The van der Waals surface area contributed by atoms with Crippen LogP contribution in [0.2, 0.25) is 0 Å². The lowest BCUT2D eigenvalue weighted by Crippen LogP contribution is -2.38. The van der Waals surface area contributed by atoms with E-state index in [0.717, 1.165) is 11.3 Å². The van der Waals surface area contributed by atoms with Gasteiger partial charge in [-0.25, -0.2) is 0 Å². The van der Waals surface area contributed by atoms with Crippen molar-refractivity contribution in [2.45, 2.75) is 6.17 Å². The number of rotatable bonds is 2. The van der Waals surface area contributed by atoms with E-state index in [2.05, 4.69) is 10.6 Å². The molecular formula is C15H14N2O3. The summed E-state index contributed by atoms with van der Waals surface area (Å²) in [4.78, 5) is 12.1. The van der Waals surface area contributed by atoms with Crippen LogP contribution >= 0.6 is 0 Å². The number of nitrogens with one attached hydrogen (secondary N) is 2. The Morgan fingerprint density at radius 2 is 1.95 bits per heavy atom. The first-order valence-corrected chi connectivity index (χ1v) is 6.22. The van der Waals surface area contributed by atoms with E-state index in [9.17, 15) is 9.90 Å². The van der Waals surface area contributed by atoms with Gasteiger partial charge in [0.1, 0.15) is 6.17 Å².